The third kappa shape index (κ3) is 1.85. The highest BCUT2D eigenvalue weighted by atomic mass is 35.5. The number of nitrogens with zero attached hydrogens (tertiary/aromatic N) is 3. The molecule has 96 valence electrons. The Morgan fingerprint density at radius 3 is 2.78 bits per heavy atom. The standard InChI is InChI=1S/C13H17ClN4/c1-17-7-5-9(6-8-17)18-11-4-2-3-10(14)12(11)16-13(18)15/h2-4,9H,5-8H2,1H3,(H2,15,16). The van der Waals surface area contributed by atoms with Crippen molar-refractivity contribution < 1.29 is 0 Å². The zero-order chi connectivity index (χ0) is 12.7. The highest BCUT2D eigenvalue weighted by Gasteiger charge is 2.22. The fraction of sp³-hybridized carbons (Fsp3) is 0.462. The van der Waals surface area contributed by atoms with E-state index < -0.39 is 0 Å². The number of fused-ring (bicyclic) bond motifs is 1. The number of piperidine rings is 1. The number of rotatable bonds is 1. The number of halogens is 1. The molecule has 18 heavy (non-hydrogen) atoms. The first kappa shape index (κ1) is 11.8. The summed E-state index contributed by atoms with van der Waals surface area (Å²) in [5, 5.41) is 0.672. The van der Waals surface area contributed by atoms with Gasteiger partial charge in [0, 0.05) is 6.04 Å². The number of imidazole rings is 1. The highest BCUT2D eigenvalue weighted by Crippen LogP contribution is 2.32. The number of para-hydroxylation sites is 1. The Balaban J connectivity index is 2.06. The monoisotopic (exact) mass is 264 g/mol. The molecule has 3 rings (SSSR count). The lowest BCUT2D eigenvalue weighted by atomic mass is 10.1. The van der Waals surface area contributed by atoms with Gasteiger partial charge in [-0.15, -0.1) is 0 Å². The molecule has 2 aromatic rings. The van der Waals surface area contributed by atoms with E-state index in [-0.39, 0.29) is 0 Å². The van der Waals surface area contributed by atoms with Crippen LogP contribution in [0.1, 0.15) is 18.9 Å². The first-order chi connectivity index (χ1) is 8.66. The van der Waals surface area contributed by atoms with Gasteiger partial charge >= 0.3 is 0 Å². The van der Waals surface area contributed by atoms with E-state index in [2.05, 4.69) is 21.5 Å². The van der Waals surface area contributed by atoms with Crippen molar-refractivity contribution in [3.05, 3.63) is 23.2 Å². The van der Waals surface area contributed by atoms with Gasteiger partial charge in [0.25, 0.3) is 0 Å². The highest BCUT2D eigenvalue weighted by molar-refractivity contribution is 6.35. The lowest BCUT2D eigenvalue weighted by molar-refractivity contribution is 0.225. The van der Waals surface area contributed by atoms with E-state index in [4.69, 9.17) is 17.3 Å². The van der Waals surface area contributed by atoms with Gasteiger partial charge in [-0.3, -0.25) is 0 Å². The second kappa shape index (κ2) is 4.44. The van der Waals surface area contributed by atoms with Crippen molar-refractivity contribution in [1.29, 1.82) is 0 Å². The zero-order valence-electron chi connectivity index (χ0n) is 10.4. The van der Waals surface area contributed by atoms with E-state index in [0.29, 0.717) is 17.0 Å². The van der Waals surface area contributed by atoms with Crippen molar-refractivity contribution in [3.8, 4) is 0 Å². The number of nitrogen functional groups attached to an aromatic ring is 1. The van der Waals surface area contributed by atoms with Crippen LogP contribution in [0.2, 0.25) is 5.02 Å². The molecular formula is C13H17ClN4. The van der Waals surface area contributed by atoms with Gasteiger partial charge in [-0.2, -0.15) is 0 Å². The molecule has 0 saturated carbocycles. The summed E-state index contributed by atoms with van der Waals surface area (Å²) < 4.78 is 2.15. The number of likely N-dealkylation sites (tertiary alicyclic amines) is 1. The zero-order valence-corrected chi connectivity index (χ0v) is 11.2. The van der Waals surface area contributed by atoms with Crippen molar-refractivity contribution >= 4 is 28.6 Å². The lowest BCUT2D eigenvalue weighted by Gasteiger charge is -2.30. The van der Waals surface area contributed by atoms with Crippen LogP contribution >= 0.6 is 11.6 Å². The second-order valence-corrected chi connectivity index (χ2v) is 5.39. The summed E-state index contributed by atoms with van der Waals surface area (Å²) in [6, 6.07) is 6.29. The minimum atomic E-state index is 0.435. The number of benzene rings is 1. The Bertz CT molecular complexity index is 570. The molecule has 1 saturated heterocycles. The van der Waals surface area contributed by atoms with Crippen LogP contribution in [-0.4, -0.2) is 34.6 Å². The summed E-state index contributed by atoms with van der Waals surface area (Å²) in [5.41, 5.74) is 7.93. The summed E-state index contributed by atoms with van der Waals surface area (Å²) in [4.78, 5) is 6.75. The quantitative estimate of drug-likeness (QED) is 0.861. The average molecular weight is 265 g/mol. The van der Waals surface area contributed by atoms with Crippen LogP contribution in [0.25, 0.3) is 11.0 Å². The largest absolute Gasteiger partial charge is 0.369 e. The van der Waals surface area contributed by atoms with Gasteiger partial charge < -0.3 is 15.2 Å². The van der Waals surface area contributed by atoms with Gasteiger partial charge in [-0.25, -0.2) is 4.98 Å². The molecule has 0 aliphatic carbocycles. The van der Waals surface area contributed by atoms with Crippen molar-refractivity contribution in [2.75, 3.05) is 25.9 Å². The molecule has 2 N–H and O–H groups in total. The molecule has 1 aliphatic heterocycles. The molecule has 2 heterocycles. The molecule has 0 unspecified atom stereocenters. The van der Waals surface area contributed by atoms with Crippen LogP contribution in [-0.2, 0) is 0 Å². The fourth-order valence-corrected chi connectivity index (χ4v) is 2.95. The minimum absolute atomic E-state index is 0.435. The number of aromatic nitrogens is 2. The summed E-state index contributed by atoms with van der Waals surface area (Å²) in [7, 11) is 2.16. The Morgan fingerprint density at radius 2 is 2.06 bits per heavy atom. The van der Waals surface area contributed by atoms with Crippen LogP contribution in [0.3, 0.4) is 0 Å². The van der Waals surface area contributed by atoms with E-state index in [0.717, 1.165) is 37.0 Å². The number of anilines is 1. The first-order valence-electron chi connectivity index (χ1n) is 6.27. The minimum Gasteiger partial charge on any atom is -0.369 e. The van der Waals surface area contributed by atoms with Gasteiger partial charge in [0.05, 0.1) is 10.5 Å². The second-order valence-electron chi connectivity index (χ2n) is 4.98. The molecule has 5 heteroatoms. The summed E-state index contributed by atoms with van der Waals surface area (Å²) in [5.74, 6) is 0.577. The average Bonchev–Trinajstić information content (AvgIpc) is 2.69. The van der Waals surface area contributed by atoms with E-state index in [1.165, 1.54) is 0 Å². The SMILES string of the molecule is CN1CCC(n2c(N)nc3c(Cl)cccc32)CC1. The molecule has 1 fully saturated rings. The van der Waals surface area contributed by atoms with Crippen molar-refractivity contribution in [1.82, 2.24) is 14.5 Å². The molecule has 4 nitrogen and oxygen atoms in total. The number of hydrogen-bond donors (Lipinski definition) is 1. The Kier molecular flexibility index (Phi) is 2.92. The van der Waals surface area contributed by atoms with Crippen LogP contribution < -0.4 is 5.73 Å². The van der Waals surface area contributed by atoms with E-state index in [1.54, 1.807) is 0 Å². The van der Waals surface area contributed by atoms with E-state index in [1.807, 2.05) is 18.2 Å². The molecule has 1 aromatic heterocycles. The number of nitrogens with two attached hydrogens (primary N) is 1. The fourth-order valence-electron chi connectivity index (χ4n) is 2.74. The van der Waals surface area contributed by atoms with Crippen LogP contribution in [0, 0.1) is 0 Å². The third-order valence-corrected chi connectivity index (χ3v) is 4.06. The van der Waals surface area contributed by atoms with Gasteiger partial charge in [0.1, 0.15) is 5.52 Å². The maximum absolute atomic E-state index is 6.16. The Hall–Kier alpha value is -1.26. The van der Waals surface area contributed by atoms with Gasteiger partial charge in [-0.1, -0.05) is 17.7 Å². The number of hydrogen-bond acceptors (Lipinski definition) is 3. The van der Waals surface area contributed by atoms with Crippen LogP contribution in [0.4, 0.5) is 5.95 Å². The molecule has 0 atom stereocenters. The molecule has 1 aromatic carbocycles. The molecule has 1 aliphatic rings. The summed E-state index contributed by atoms with van der Waals surface area (Å²) >= 11 is 6.16. The van der Waals surface area contributed by atoms with Crippen molar-refractivity contribution in [3.63, 3.8) is 0 Å². The lowest BCUT2D eigenvalue weighted by Crippen LogP contribution is -2.31. The van der Waals surface area contributed by atoms with Crippen LogP contribution in [0.15, 0.2) is 18.2 Å². The molecule has 0 bridgehead atoms. The molecule has 0 amide bonds. The van der Waals surface area contributed by atoms with Gasteiger partial charge in [0.15, 0.2) is 0 Å². The Labute approximate surface area is 111 Å². The normalized spacial score (nSPS) is 18.6. The smallest absolute Gasteiger partial charge is 0.201 e. The van der Waals surface area contributed by atoms with Crippen molar-refractivity contribution in [2.45, 2.75) is 18.9 Å². The van der Waals surface area contributed by atoms with E-state index in [9.17, 15) is 0 Å². The summed E-state index contributed by atoms with van der Waals surface area (Å²) in [6.07, 6.45) is 2.22. The molecular weight excluding hydrogens is 248 g/mol. The topological polar surface area (TPSA) is 47.1 Å². The predicted molar refractivity (Wildman–Crippen MR) is 74.9 cm³/mol. The maximum Gasteiger partial charge on any atom is 0.201 e. The Morgan fingerprint density at radius 1 is 1.33 bits per heavy atom. The van der Waals surface area contributed by atoms with Gasteiger partial charge in [-0.05, 0) is 45.1 Å². The molecule has 0 radical (unpaired) electrons. The summed E-state index contributed by atoms with van der Waals surface area (Å²) in [6.45, 7) is 2.20. The third-order valence-electron chi connectivity index (χ3n) is 3.75. The molecule has 0 spiro atoms. The van der Waals surface area contributed by atoms with Gasteiger partial charge in [0.2, 0.25) is 5.95 Å². The van der Waals surface area contributed by atoms with Crippen LogP contribution in [0.5, 0.6) is 0 Å². The predicted octanol–water partition coefficient (Wildman–Crippen LogP) is 2.54. The van der Waals surface area contributed by atoms with E-state index >= 15 is 0 Å². The van der Waals surface area contributed by atoms with Crippen molar-refractivity contribution in [2.24, 2.45) is 0 Å². The first-order valence-corrected chi connectivity index (χ1v) is 6.65. The maximum atomic E-state index is 6.16.